The molecule has 3 aromatic carbocycles. The normalized spacial score (nSPS) is 29.9. The molecule has 2 aliphatic heterocycles. The molecule has 0 amide bonds. The van der Waals surface area contributed by atoms with Crippen molar-refractivity contribution in [2.24, 2.45) is 22.7 Å². The van der Waals surface area contributed by atoms with Crippen molar-refractivity contribution in [3.05, 3.63) is 137 Å². The first kappa shape index (κ1) is 30.1. The zero-order chi connectivity index (χ0) is 31.9. The van der Waals surface area contributed by atoms with E-state index in [1.807, 2.05) is 0 Å². The fraction of sp³-hybridized carbons (Fsp3) is 0.386. The highest BCUT2D eigenvalue weighted by Gasteiger charge is 2.37. The van der Waals surface area contributed by atoms with Crippen molar-refractivity contribution in [2.45, 2.75) is 82.6 Å². The van der Waals surface area contributed by atoms with E-state index in [0.717, 1.165) is 31.6 Å². The number of piperidine rings is 1. The third kappa shape index (κ3) is 5.84. The van der Waals surface area contributed by atoms with Crippen molar-refractivity contribution in [3.63, 3.8) is 0 Å². The molecule has 3 N–H and O–H groups in total. The number of rotatable bonds is 5. The number of hydrogen-bond donors (Lipinski definition) is 3. The molecule has 6 unspecified atom stereocenters. The topological polar surface area (TPSA) is 48.5 Å². The second kappa shape index (κ2) is 13.1. The van der Waals surface area contributed by atoms with Gasteiger partial charge in [-0.25, -0.2) is 4.99 Å². The predicted molar refractivity (Wildman–Crippen MR) is 200 cm³/mol. The Morgan fingerprint density at radius 1 is 0.854 bits per heavy atom. The SMILES string of the molecule is C1=CC(C2=NC(c3ccccc3)NC(C3=CCC(C4CNC5CCC=CC5C4)C(c4ccc5c6c(ccc5c4)CCCC6)=C3)N2)=CCC1. The van der Waals surface area contributed by atoms with Crippen LogP contribution in [0.4, 0.5) is 0 Å². The predicted octanol–water partition coefficient (Wildman–Crippen LogP) is 8.89. The Morgan fingerprint density at radius 2 is 1.79 bits per heavy atom. The van der Waals surface area contributed by atoms with Gasteiger partial charge in [0.25, 0.3) is 0 Å². The van der Waals surface area contributed by atoms with E-state index in [4.69, 9.17) is 4.99 Å². The molecule has 0 radical (unpaired) electrons. The van der Waals surface area contributed by atoms with Gasteiger partial charge < -0.3 is 10.6 Å². The van der Waals surface area contributed by atoms with E-state index in [1.165, 1.54) is 83.6 Å². The Hall–Kier alpha value is -3.99. The van der Waals surface area contributed by atoms with E-state index in [2.05, 4.69) is 119 Å². The summed E-state index contributed by atoms with van der Waals surface area (Å²) < 4.78 is 0. The molecule has 6 aliphatic rings. The van der Waals surface area contributed by atoms with Gasteiger partial charge in [-0.15, -0.1) is 0 Å². The van der Waals surface area contributed by atoms with Crippen LogP contribution in [0.3, 0.4) is 0 Å². The van der Waals surface area contributed by atoms with E-state index in [-0.39, 0.29) is 12.3 Å². The summed E-state index contributed by atoms with van der Waals surface area (Å²) in [4.78, 5) is 5.21. The van der Waals surface area contributed by atoms with Gasteiger partial charge >= 0.3 is 0 Å². The highest BCUT2D eigenvalue weighted by Crippen LogP contribution is 2.44. The molecule has 4 nitrogen and oxygen atoms in total. The summed E-state index contributed by atoms with van der Waals surface area (Å²) in [7, 11) is 0. The van der Waals surface area contributed by atoms with Gasteiger partial charge in [0.15, 0.2) is 0 Å². The largest absolute Gasteiger partial charge is 0.350 e. The number of amidine groups is 1. The Morgan fingerprint density at radius 3 is 2.71 bits per heavy atom. The summed E-state index contributed by atoms with van der Waals surface area (Å²) in [5.41, 5.74) is 9.75. The molecule has 1 fully saturated rings. The van der Waals surface area contributed by atoms with E-state index >= 15 is 0 Å². The minimum Gasteiger partial charge on any atom is -0.350 e. The van der Waals surface area contributed by atoms with Gasteiger partial charge in [-0.05, 0) is 139 Å². The Bertz CT molecular complexity index is 1870. The Kier molecular flexibility index (Phi) is 8.24. The molecular formula is C44H48N4. The third-order valence-electron chi connectivity index (χ3n) is 11.9. The molecule has 4 heteroatoms. The van der Waals surface area contributed by atoms with Crippen molar-refractivity contribution < 1.29 is 0 Å². The molecule has 2 heterocycles. The maximum atomic E-state index is 5.21. The van der Waals surface area contributed by atoms with Gasteiger partial charge in [0.1, 0.15) is 18.2 Å². The molecule has 48 heavy (non-hydrogen) atoms. The standard InChI is InChI=1S/C44H48N4/c1-3-12-30(13-4-1)42-46-43(31-14-5-2-6-15-31)48-44(47-42)35-22-24-39(36-26-34-16-8-10-18-41(34)45-28-36)40(27-35)33-21-23-38-32(25-33)20-19-29-11-7-9-17-37(29)38/h1,3-5,8,12-16,19-23,25,27,34,36,39,41-42,44-45,47H,2,6-7,9-11,17-18,24,26,28H2,(H,46,48). The minimum absolute atomic E-state index is 0.0301. The number of aryl methyl sites for hydroxylation is 2. The number of fused-ring (bicyclic) bond motifs is 4. The number of nitrogens with one attached hydrogen (secondary N) is 3. The summed E-state index contributed by atoms with van der Waals surface area (Å²) in [6, 6.07) is 23.5. The third-order valence-corrected chi connectivity index (χ3v) is 11.9. The average Bonchev–Trinajstić information content (AvgIpc) is 3.17. The summed E-state index contributed by atoms with van der Waals surface area (Å²) in [5, 5.41) is 14.6. The van der Waals surface area contributed by atoms with Gasteiger partial charge in [-0.2, -0.15) is 0 Å². The zero-order valence-corrected chi connectivity index (χ0v) is 28.0. The first-order valence-corrected chi connectivity index (χ1v) is 18.7. The van der Waals surface area contributed by atoms with Crippen LogP contribution < -0.4 is 16.0 Å². The quantitative estimate of drug-likeness (QED) is 0.246. The molecule has 244 valence electrons. The minimum atomic E-state index is -0.108. The molecule has 3 aromatic rings. The van der Waals surface area contributed by atoms with Crippen LogP contribution in [0.2, 0.25) is 0 Å². The zero-order valence-electron chi connectivity index (χ0n) is 28.0. The second-order valence-corrected chi connectivity index (χ2v) is 14.8. The summed E-state index contributed by atoms with van der Waals surface area (Å²) in [6.45, 7) is 1.11. The van der Waals surface area contributed by atoms with Crippen molar-refractivity contribution in [2.75, 3.05) is 6.54 Å². The summed E-state index contributed by atoms with van der Waals surface area (Å²) >= 11 is 0. The lowest BCUT2D eigenvalue weighted by atomic mass is 9.69. The fourth-order valence-electron chi connectivity index (χ4n) is 9.35. The van der Waals surface area contributed by atoms with Crippen LogP contribution >= 0.6 is 0 Å². The summed E-state index contributed by atoms with van der Waals surface area (Å²) in [6.07, 6.45) is 28.7. The second-order valence-electron chi connectivity index (χ2n) is 14.8. The molecule has 9 rings (SSSR count). The number of nitrogens with zero attached hydrogens (tertiary/aromatic N) is 1. The smallest absolute Gasteiger partial charge is 0.131 e. The first-order valence-electron chi connectivity index (χ1n) is 18.7. The lowest BCUT2D eigenvalue weighted by Gasteiger charge is -2.42. The highest BCUT2D eigenvalue weighted by molar-refractivity contribution is 6.02. The lowest BCUT2D eigenvalue weighted by molar-refractivity contribution is 0.206. The number of hydrogen-bond acceptors (Lipinski definition) is 4. The van der Waals surface area contributed by atoms with Crippen molar-refractivity contribution >= 4 is 22.2 Å². The fourth-order valence-corrected chi connectivity index (χ4v) is 9.35. The number of aliphatic imine (C=N–C) groups is 1. The van der Waals surface area contributed by atoms with Crippen LogP contribution in [0.25, 0.3) is 16.3 Å². The maximum Gasteiger partial charge on any atom is 0.131 e. The van der Waals surface area contributed by atoms with E-state index in [0.29, 0.717) is 23.8 Å². The molecular weight excluding hydrogens is 585 g/mol. The van der Waals surface area contributed by atoms with Crippen LogP contribution in [0, 0.1) is 17.8 Å². The molecule has 4 aliphatic carbocycles. The van der Waals surface area contributed by atoms with E-state index in [9.17, 15) is 0 Å². The van der Waals surface area contributed by atoms with Crippen LogP contribution in [0.1, 0.15) is 79.8 Å². The molecule has 0 spiro atoms. The Balaban J connectivity index is 1.09. The van der Waals surface area contributed by atoms with E-state index < -0.39 is 0 Å². The van der Waals surface area contributed by atoms with Crippen LogP contribution in [-0.4, -0.2) is 24.6 Å². The lowest BCUT2D eigenvalue weighted by Crippen LogP contribution is -2.52. The van der Waals surface area contributed by atoms with Gasteiger partial charge in [-0.3, -0.25) is 5.32 Å². The highest BCUT2D eigenvalue weighted by atomic mass is 15.3. The average molecular weight is 633 g/mol. The maximum absolute atomic E-state index is 5.21. The van der Waals surface area contributed by atoms with Gasteiger partial charge in [0.2, 0.25) is 0 Å². The van der Waals surface area contributed by atoms with Crippen LogP contribution in [-0.2, 0) is 12.8 Å². The van der Waals surface area contributed by atoms with Crippen LogP contribution in [0.15, 0.2) is 119 Å². The Labute approximate surface area is 285 Å². The summed E-state index contributed by atoms with van der Waals surface area (Å²) in [5.74, 6) is 2.73. The molecule has 0 bridgehead atoms. The molecule has 1 saturated heterocycles. The molecule has 0 aromatic heterocycles. The van der Waals surface area contributed by atoms with Crippen molar-refractivity contribution in [3.8, 4) is 0 Å². The van der Waals surface area contributed by atoms with Gasteiger partial charge in [0, 0.05) is 11.6 Å². The van der Waals surface area contributed by atoms with Gasteiger partial charge in [-0.1, -0.05) is 97.1 Å². The molecule has 6 atom stereocenters. The van der Waals surface area contributed by atoms with Crippen molar-refractivity contribution in [1.82, 2.24) is 16.0 Å². The van der Waals surface area contributed by atoms with Crippen molar-refractivity contribution in [1.29, 1.82) is 0 Å². The first-order chi connectivity index (χ1) is 23.8. The number of benzene rings is 3. The van der Waals surface area contributed by atoms with E-state index in [1.54, 1.807) is 11.1 Å². The number of allylic oxidation sites excluding steroid dienone is 5. The van der Waals surface area contributed by atoms with Gasteiger partial charge in [0.05, 0.1) is 0 Å². The van der Waals surface area contributed by atoms with Crippen LogP contribution in [0.5, 0.6) is 0 Å². The molecule has 0 saturated carbocycles. The monoisotopic (exact) mass is 632 g/mol.